The highest BCUT2D eigenvalue weighted by molar-refractivity contribution is 7.92. The molecule has 0 aromatic heterocycles. The first-order chi connectivity index (χ1) is 8.61. The standard InChI is InChI=1S/C13H20ClNO2S/c1-2-3-11-15(13-8-5-4-6-9-13)18(16,17)12-7-10-14/h4-6,8-9H,2-3,7,10-12H2,1H3. The minimum atomic E-state index is -3.26. The van der Waals surface area contributed by atoms with Crippen molar-refractivity contribution in [1.82, 2.24) is 0 Å². The van der Waals surface area contributed by atoms with Gasteiger partial charge in [0, 0.05) is 12.4 Å². The van der Waals surface area contributed by atoms with Gasteiger partial charge >= 0.3 is 0 Å². The predicted molar refractivity (Wildman–Crippen MR) is 77.8 cm³/mol. The third-order valence-corrected chi connectivity index (χ3v) is 4.77. The number of halogens is 1. The summed E-state index contributed by atoms with van der Waals surface area (Å²) in [5.74, 6) is 0.477. The second-order valence-electron chi connectivity index (χ2n) is 4.12. The number of benzene rings is 1. The lowest BCUT2D eigenvalue weighted by Crippen LogP contribution is -2.34. The van der Waals surface area contributed by atoms with E-state index >= 15 is 0 Å². The normalized spacial score (nSPS) is 11.4. The van der Waals surface area contributed by atoms with Crippen molar-refractivity contribution in [2.24, 2.45) is 0 Å². The molecular formula is C13H20ClNO2S. The molecule has 0 spiro atoms. The van der Waals surface area contributed by atoms with Gasteiger partial charge in [-0.05, 0) is 25.0 Å². The first-order valence-electron chi connectivity index (χ1n) is 6.23. The lowest BCUT2D eigenvalue weighted by atomic mass is 10.3. The number of anilines is 1. The molecule has 1 aromatic carbocycles. The maximum Gasteiger partial charge on any atom is 0.235 e. The Hall–Kier alpha value is -0.740. The van der Waals surface area contributed by atoms with Crippen molar-refractivity contribution < 1.29 is 8.42 Å². The van der Waals surface area contributed by atoms with Crippen molar-refractivity contribution >= 4 is 27.3 Å². The van der Waals surface area contributed by atoms with Crippen LogP contribution in [0.2, 0.25) is 0 Å². The van der Waals surface area contributed by atoms with Crippen molar-refractivity contribution in [3.8, 4) is 0 Å². The SMILES string of the molecule is CCCCN(c1ccccc1)S(=O)(=O)CCCCl. The van der Waals surface area contributed by atoms with Crippen molar-refractivity contribution in [1.29, 1.82) is 0 Å². The smallest absolute Gasteiger partial charge is 0.235 e. The third-order valence-electron chi connectivity index (χ3n) is 2.63. The topological polar surface area (TPSA) is 37.4 Å². The van der Waals surface area contributed by atoms with Crippen LogP contribution in [-0.2, 0) is 10.0 Å². The highest BCUT2D eigenvalue weighted by Gasteiger charge is 2.21. The number of sulfonamides is 1. The fraction of sp³-hybridized carbons (Fsp3) is 0.538. The van der Waals surface area contributed by atoms with E-state index in [1.807, 2.05) is 30.3 Å². The average molecular weight is 290 g/mol. The zero-order valence-corrected chi connectivity index (χ0v) is 12.3. The summed E-state index contributed by atoms with van der Waals surface area (Å²) in [6.07, 6.45) is 2.31. The van der Waals surface area contributed by atoms with Gasteiger partial charge in [-0.2, -0.15) is 0 Å². The molecule has 0 bridgehead atoms. The lowest BCUT2D eigenvalue weighted by molar-refractivity contribution is 0.587. The van der Waals surface area contributed by atoms with Crippen LogP contribution < -0.4 is 4.31 Å². The van der Waals surface area contributed by atoms with Gasteiger partial charge < -0.3 is 0 Å². The Labute approximate surface area is 115 Å². The number of rotatable bonds is 8. The Kier molecular flexibility index (Phi) is 6.50. The quantitative estimate of drug-likeness (QED) is 0.689. The van der Waals surface area contributed by atoms with Crippen LogP contribution in [-0.4, -0.2) is 26.6 Å². The molecule has 5 heteroatoms. The van der Waals surface area contributed by atoms with E-state index in [1.165, 1.54) is 4.31 Å². The van der Waals surface area contributed by atoms with Gasteiger partial charge in [0.2, 0.25) is 10.0 Å². The molecule has 1 aromatic rings. The van der Waals surface area contributed by atoms with Gasteiger partial charge in [-0.25, -0.2) is 8.42 Å². The molecule has 0 heterocycles. The first kappa shape index (κ1) is 15.3. The molecule has 3 nitrogen and oxygen atoms in total. The van der Waals surface area contributed by atoms with Crippen LogP contribution in [0.15, 0.2) is 30.3 Å². The number of alkyl halides is 1. The number of hydrogen-bond donors (Lipinski definition) is 0. The zero-order chi connectivity index (χ0) is 13.4. The number of unbranched alkanes of at least 4 members (excludes halogenated alkanes) is 1. The summed E-state index contributed by atoms with van der Waals surface area (Å²) in [5, 5.41) is 0. The lowest BCUT2D eigenvalue weighted by Gasteiger charge is -2.24. The largest absolute Gasteiger partial charge is 0.270 e. The number of para-hydroxylation sites is 1. The third kappa shape index (κ3) is 4.50. The van der Waals surface area contributed by atoms with E-state index < -0.39 is 10.0 Å². The van der Waals surface area contributed by atoms with Crippen molar-refractivity contribution in [2.75, 3.05) is 22.5 Å². The minimum Gasteiger partial charge on any atom is -0.270 e. The first-order valence-corrected chi connectivity index (χ1v) is 8.37. The van der Waals surface area contributed by atoms with Gasteiger partial charge in [0.1, 0.15) is 0 Å². The van der Waals surface area contributed by atoms with Crippen LogP contribution in [0.4, 0.5) is 5.69 Å². The summed E-state index contributed by atoms with van der Waals surface area (Å²) >= 11 is 5.58. The summed E-state index contributed by atoms with van der Waals surface area (Å²) in [7, 11) is -3.26. The van der Waals surface area contributed by atoms with Crippen LogP contribution in [0.5, 0.6) is 0 Å². The monoisotopic (exact) mass is 289 g/mol. The van der Waals surface area contributed by atoms with E-state index in [9.17, 15) is 8.42 Å². The fourth-order valence-electron chi connectivity index (χ4n) is 1.67. The number of hydrogen-bond acceptors (Lipinski definition) is 2. The Morgan fingerprint density at radius 2 is 1.83 bits per heavy atom. The molecule has 18 heavy (non-hydrogen) atoms. The second-order valence-corrected chi connectivity index (χ2v) is 6.51. The predicted octanol–water partition coefficient (Wildman–Crippen LogP) is 3.25. The molecule has 0 atom stereocenters. The molecule has 0 saturated carbocycles. The van der Waals surface area contributed by atoms with E-state index in [2.05, 4.69) is 6.92 Å². The van der Waals surface area contributed by atoms with E-state index in [4.69, 9.17) is 11.6 Å². The summed E-state index contributed by atoms with van der Waals surface area (Å²) < 4.78 is 26.0. The van der Waals surface area contributed by atoms with Crippen molar-refractivity contribution in [3.05, 3.63) is 30.3 Å². The van der Waals surface area contributed by atoms with Crippen LogP contribution in [0.3, 0.4) is 0 Å². The maximum atomic E-state index is 12.3. The molecule has 0 saturated heterocycles. The molecule has 0 unspecified atom stereocenters. The van der Waals surface area contributed by atoms with E-state index in [0.717, 1.165) is 18.5 Å². The summed E-state index contributed by atoms with van der Waals surface area (Å²) in [4.78, 5) is 0. The molecule has 0 aliphatic carbocycles. The fourth-order valence-corrected chi connectivity index (χ4v) is 3.54. The molecule has 1 rings (SSSR count). The van der Waals surface area contributed by atoms with Crippen LogP contribution >= 0.6 is 11.6 Å². The van der Waals surface area contributed by atoms with Crippen LogP contribution in [0.1, 0.15) is 26.2 Å². The van der Waals surface area contributed by atoms with Crippen molar-refractivity contribution in [3.63, 3.8) is 0 Å². The average Bonchev–Trinajstić information content (AvgIpc) is 2.38. The molecule has 0 fully saturated rings. The Bertz CT molecular complexity index is 434. The Balaban J connectivity index is 2.91. The van der Waals surface area contributed by atoms with E-state index in [-0.39, 0.29) is 5.75 Å². The zero-order valence-electron chi connectivity index (χ0n) is 10.7. The van der Waals surface area contributed by atoms with Gasteiger partial charge in [0.05, 0.1) is 11.4 Å². The van der Waals surface area contributed by atoms with Gasteiger partial charge in [0.25, 0.3) is 0 Å². The number of nitrogens with zero attached hydrogens (tertiary/aromatic N) is 1. The van der Waals surface area contributed by atoms with Crippen LogP contribution in [0, 0.1) is 0 Å². The van der Waals surface area contributed by atoms with E-state index in [1.54, 1.807) is 0 Å². The van der Waals surface area contributed by atoms with Gasteiger partial charge in [-0.1, -0.05) is 31.5 Å². The molecule has 0 aliphatic rings. The van der Waals surface area contributed by atoms with E-state index in [0.29, 0.717) is 18.8 Å². The summed E-state index contributed by atoms with van der Waals surface area (Å²) in [6.45, 7) is 2.58. The Morgan fingerprint density at radius 1 is 1.17 bits per heavy atom. The molecular weight excluding hydrogens is 270 g/mol. The summed E-state index contributed by atoms with van der Waals surface area (Å²) in [5.41, 5.74) is 0.737. The van der Waals surface area contributed by atoms with Gasteiger partial charge in [-0.3, -0.25) is 4.31 Å². The molecule has 0 N–H and O–H groups in total. The molecule has 0 aliphatic heterocycles. The van der Waals surface area contributed by atoms with Gasteiger partial charge in [-0.15, -0.1) is 11.6 Å². The molecule has 102 valence electrons. The minimum absolute atomic E-state index is 0.106. The highest BCUT2D eigenvalue weighted by Crippen LogP contribution is 2.19. The maximum absolute atomic E-state index is 12.3. The molecule has 0 amide bonds. The second kappa shape index (κ2) is 7.64. The Morgan fingerprint density at radius 3 is 2.39 bits per heavy atom. The van der Waals surface area contributed by atoms with Crippen molar-refractivity contribution in [2.45, 2.75) is 26.2 Å². The highest BCUT2D eigenvalue weighted by atomic mass is 35.5. The van der Waals surface area contributed by atoms with Gasteiger partial charge in [0.15, 0.2) is 0 Å². The summed E-state index contributed by atoms with van der Waals surface area (Å²) in [6, 6.07) is 9.24. The molecule has 0 radical (unpaired) electrons. The van der Waals surface area contributed by atoms with Crippen LogP contribution in [0.25, 0.3) is 0 Å².